The van der Waals surface area contributed by atoms with Crippen molar-refractivity contribution < 1.29 is 19.0 Å². The van der Waals surface area contributed by atoms with Gasteiger partial charge in [-0.25, -0.2) is 0 Å². The predicted octanol–water partition coefficient (Wildman–Crippen LogP) is 6.24. The van der Waals surface area contributed by atoms with Crippen LogP contribution in [0.15, 0.2) is 27.9 Å². The molecule has 0 aliphatic carbocycles. The van der Waals surface area contributed by atoms with Gasteiger partial charge in [-0.1, -0.05) is 51.6 Å². The van der Waals surface area contributed by atoms with Crippen LogP contribution in [0.4, 0.5) is 0 Å². The van der Waals surface area contributed by atoms with Crippen molar-refractivity contribution in [1.82, 2.24) is 0 Å². The number of benzene rings is 1. The fraction of sp³-hybridized carbons (Fsp3) is 0.471. The van der Waals surface area contributed by atoms with E-state index in [1.54, 1.807) is 19.1 Å². The van der Waals surface area contributed by atoms with Crippen molar-refractivity contribution in [1.29, 1.82) is 0 Å². The van der Waals surface area contributed by atoms with Crippen molar-refractivity contribution >= 4 is 52.3 Å². The lowest BCUT2D eigenvalue weighted by Crippen LogP contribution is -2.03. The normalized spacial score (nSPS) is 11.1. The van der Waals surface area contributed by atoms with Gasteiger partial charge in [0.25, 0.3) is 0 Å². The highest BCUT2D eigenvalue weighted by Crippen LogP contribution is 2.37. The van der Waals surface area contributed by atoms with Gasteiger partial charge in [-0.2, -0.15) is 0 Å². The first-order valence-corrected chi connectivity index (χ1v) is 9.41. The Labute approximate surface area is 173 Å². The van der Waals surface area contributed by atoms with Crippen LogP contribution in [0, 0.1) is 0 Å². The molecule has 0 radical (unpaired) electrons. The molecule has 9 heteroatoms. The van der Waals surface area contributed by atoms with E-state index in [-0.39, 0.29) is 11.1 Å². The molecule has 0 amide bonds. The van der Waals surface area contributed by atoms with E-state index in [0.717, 1.165) is 19.3 Å². The molecule has 0 atom stereocenters. The van der Waals surface area contributed by atoms with Gasteiger partial charge in [0.2, 0.25) is 5.90 Å². The zero-order valence-electron chi connectivity index (χ0n) is 14.6. The first kappa shape index (κ1) is 23.0. The largest absolute Gasteiger partial charge is 0.490 e. The van der Waals surface area contributed by atoms with Crippen molar-refractivity contribution in [2.45, 2.75) is 26.2 Å². The second kappa shape index (κ2) is 13.2. The Morgan fingerprint density at radius 1 is 1.04 bits per heavy atom. The molecule has 1 aromatic carbocycles. The van der Waals surface area contributed by atoms with Crippen LogP contribution < -0.4 is 9.47 Å². The van der Waals surface area contributed by atoms with E-state index >= 15 is 0 Å². The molecule has 26 heavy (non-hydrogen) atoms. The van der Waals surface area contributed by atoms with Crippen molar-refractivity contribution in [2.24, 2.45) is 5.16 Å². The number of ether oxygens (including phenoxy) is 3. The first-order chi connectivity index (χ1) is 12.4. The number of hydrogen-bond donors (Lipinski definition) is 0. The highest BCUT2D eigenvalue weighted by molar-refractivity contribution is 6.55. The van der Waals surface area contributed by atoms with Gasteiger partial charge in [0.15, 0.2) is 5.75 Å². The van der Waals surface area contributed by atoms with Crippen LogP contribution in [-0.4, -0.2) is 32.8 Å². The van der Waals surface area contributed by atoms with Crippen LogP contribution in [0.1, 0.15) is 26.2 Å². The summed E-state index contributed by atoms with van der Waals surface area (Å²) in [5, 5.41) is 4.42. The Hall–Kier alpha value is -1.01. The lowest BCUT2D eigenvalue weighted by molar-refractivity contribution is 0.188. The zero-order chi connectivity index (χ0) is 19.4. The summed E-state index contributed by atoms with van der Waals surface area (Å²) >= 11 is 23.4. The predicted molar refractivity (Wildman–Crippen MR) is 107 cm³/mol. The van der Waals surface area contributed by atoms with E-state index in [1.165, 1.54) is 13.2 Å². The highest BCUT2D eigenvalue weighted by atomic mass is 35.5. The number of rotatable bonds is 11. The summed E-state index contributed by atoms with van der Waals surface area (Å²) in [6, 6.07) is 3.26. The van der Waals surface area contributed by atoms with Gasteiger partial charge in [0.05, 0.1) is 23.3 Å². The first-order valence-electron chi connectivity index (χ1n) is 7.90. The third-order valence-corrected chi connectivity index (χ3v) is 3.90. The Kier molecular flexibility index (Phi) is 11.7. The molecular weight excluding hydrogens is 424 g/mol. The molecular formula is C17H21Cl4NO4. The molecule has 0 bridgehead atoms. The minimum absolute atomic E-state index is 0.133. The van der Waals surface area contributed by atoms with Crippen molar-refractivity contribution in [3.05, 3.63) is 32.7 Å². The third-order valence-electron chi connectivity index (χ3n) is 3.03. The summed E-state index contributed by atoms with van der Waals surface area (Å²) in [7, 11) is 1.48. The van der Waals surface area contributed by atoms with Crippen LogP contribution in [0.3, 0.4) is 0 Å². The molecule has 0 aromatic heterocycles. The zero-order valence-corrected chi connectivity index (χ0v) is 17.6. The fourth-order valence-corrected chi connectivity index (χ4v) is 2.59. The molecule has 0 spiro atoms. The molecule has 0 aliphatic heterocycles. The third kappa shape index (κ3) is 9.62. The Bertz CT molecular complexity index is 596. The number of nitrogens with zero attached hydrogens (tertiary/aromatic N) is 1. The van der Waals surface area contributed by atoms with Gasteiger partial charge in [-0.3, -0.25) is 0 Å². The lowest BCUT2D eigenvalue weighted by atomic mass is 10.2. The monoisotopic (exact) mass is 443 g/mol. The van der Waals surface area contributed by atoms with Crippen molar-refractivity contribution in [3.8, 4) is 11.5 Å². The van der Waals surface area contributed by atoms with Crippen LogP contribution in [0.2, 0.25) is 10.0 Å². The molecule has 1 rings (SSSR count). The summed E-state index contributed by atoms with van der Waals surface area (Å²) < 4.78 is 16.6. The van der Waals surface area contributed by atoms with E-state index in [2.05, 4.69) is 9.99 Å². The van der Waals surface area contributed by atoms with E-state index in [9.17, 15) is 0 Å². The molecule has 0 unspecified atom stereocenters. The maximum absolute atomic E-state index is 6.20. The highest BCUT2D eigenvalue weighted by Gasteiger charge is 2.10. The van der Waals surface area contributed by atoms with Crippen LogP contribution >= 0.6 is 46.4 Å². The summed E-state index contributed by atoms with van der Waals surface area (Å²) in [5.41, 5.74) is 0. The van der Waals surface area contributed by atoms with E-state index in [1.807, 2.05) is 0 Å². The Balaban J connectivity index is 2.34. The van der Waals surface area contributed by atoms with E-state index in [4.69, 9.17) is 60.6 Å². The van der Waals surface area contributed by atoms with E-state index in [0.29, 0.717) is 40.7 Å². The van der Waals surface area contributed by atoms with E-state index < -0.39 is 0 Å². The van der Waals surface area contributed by atoms with Crippen molar-refractivity contribution in [2.75, 3.05) is 26.9 Å². The fourth-order valence-electron chi connectivity index (χ4n) is 1.89. The van der Waals surface area contributed by atoms with Crippen molar-refractivity contribution in [3.63, 3.8) is 0 Å². The molecule has 0 fully saturated rings. The molecule has 0 N–H and O–H groups in total. The smallest absolute Gasteiger partial charge is 0.222 e. The SMILES string of the molecule is CON=C(C)OCCCCCOc1c(Cl)cc(OCC=C(Cl)Cl)cc1Cl. The summed E-state index contributed by atoms with van der Waals surface area (Å²) in [6.45, 7) is 3.03. The molecule has 0 saturated heterocycles. The van der Waals surface area contributed by atoms with Crippen LogP contribution in [-0.2, 0) is 9.57 Å². The number of oxime groups is 1. The molecule has 146 valence electrons. The topological polar surface area (TPSA) is 49.3 Å². The van der Waals surface area contributed by atoms with Crippen LogP contribution in [0.5, 0.6) is 11.5 Å². The van der Waals surface area contributed by atoms with Crippen LogP contribution in [0.25, 0.3) is 0 Å². The Morgan fingerprint density at radius 3 is 2.31 bits per heavy atom. The molecule has 1 aromatic rings. The minimum Gasteiger partial charge on any atom is -0.490 e. The molecule has 0 saturated carbocycles. The number of halogens is 4. The average Bonchev–Trinajstić information content (AvgIpc) is 2.56. The van der Waals surface area contributed by atoms with Gasteiger partial charge in [0, 0.05) is 19.1 Å². The summed E-state index contributed by atoms with van der Waals surface area (Å²) in [6.07, 6.45) is 4.17. The molecule has 0 heterocycles. The second-order valence-corrected chi connectivity index (χ2v) is 6.89. The quantitative estimate of drug-likeness (QED) is 0.175. The Morgan fingerprint density at radius 2 is 1.69 bits per heavy atom. The average molecular weight is 445 g/mol. The van der Waals surface area contributed by atoms with Gasteiger partial charge in [-0.15, -0.1) is 0 Å². The van der Waals surface area contributed by atoms with Gasteiger partial charge in [-0.05, 0) is 25.3 Å². The maximum atomic E-state index is 6.20. The molecule has 0 aliphatic rings. The molecule has 5 nitrogen and oxygen atoms in total. The van der Waals surface area contributed by atoms with Gasteiger partial charge >= 0.3 is 0 Å². The standard InChI is InChI=1S/C17H21Cl4NO4/c1-12(22-23-2)24-7-4-3-5-8-26-17-14(18)10-13(11-15(17)19)25-9-6-16(20)21/h6,10-11H,3-5,7-9H2,1-2H3. The summed E-state index contributed by atoms with van der Waals surface area (Å²) in [4.78, 5) is 4.61. The lowest BCUT2D eigenvalue weighted by Gasteiger charge is -2.12. The maximum Gasteiger partial charge on any atom is 0.222 e. The number of hydrogen-bond acceptors (Lipinski definition) is 5. The van der Waals surface area contributed by atoms with Gasteiger partial charge < -0.3 is 19.0 Å². The minimum atomic E-state index is 0.133. The summed E-state index contributed by atoms with van der Waals surface area (Å²) in [5.74, 6) is 1.45. The number of unbranched alkanes of at least 4 members (excludes halogenated alkanes) is 2. The van der Waals surface area contributed by atoms with Gasteiger partial charge in [0.1, 0.15) is 24.0 Å². The second-order valence-electron chi connectivity index (χ2n) is 5.07.